The van der Waals surface area contributed by atoms with E-state index < -0.39 is 101 Å². The van der Waals surface area contributed by atoms with Crippen molar-refractivity contribution in [1.82, 2.24) is 0 Å². The van der Waals surface area contributed by atoms with Gasteiger partial charge in [-0.15, -0.1) is 0 Å². The average Bonchev–Trinajstić information content (AvgIpc) is 2.77. The minimum atomic E-state index is -5.31. The number of hydrogen-bond donors (Lipinski definition) is 4. The summed E-state index contributed by atoms with van der Waals surface area (Å²) in [6.07, 6.45) is -18.5. The molecule has 19 nitrogen and oxygen atoms in total. The predicted octanol–water partition coefficient (Wildman–Crippen LogP) is -15.1. The summed E-state index contributed by atoms with van der Waals surface area (Å²) in [6.45, 7) is 1.22. The molecule has 0 aliphatic carbocycles. The molecule has 2 saturated heterocycles. The number of carbonyl (C=O) groups excluding carboxylic acids is 1. The summed E-state index contributed by atoms with van der Waals surface area (Å²) < 4.78 is 93.5. The number of rotatable bonds is 12. The van der Waals surface area contributed by atoms with E-state index in [1.165, 1.54) is 0 Å². The summed E-state index contributed by atoms with van der Waals surface area (Å²) in [7, 11) is -10.6. The van der Waals surface area contributed by atoms with Gasteiger partial charge in [-0.05, 0) is 19.2 Å². The molecule has 2 aliphatic heterocycles. The van der Waals surface area contributed by atoms with Crippen molar-refractivity contribution in [2.24, 2.45) is 4.99 Å². The SMILES string of the molecule is CCCO[C@@H]1O[C@H](C(=O)[O-])[C@@H](O[C@@H]2O[C@H](COS(=O)(=O)[O-])[C@H](O)[C@H](O)[C@H]2N=C(C)[O-])[C@H](O)[C@H]1OS(=O)(=O)O.[Na+].[Na+].[Na+]. The molecule has 2 aliphatic rings. The second-order valence-electron chi connectivity index (χ2n) is 8.05. The molecule has 0 aromatic rings. The van der Waals surface area contributed by atoms with E-state index in [1.54, 1.807) is 6.92 Å². The topological polar surface area (TPSA) is 303 Å². The van der Waals surface area contributed by atoms with Crippen LogP contribution in [0.15, 0.2) is 4.99 Å². The molecule has 0 unspecified atom stereocenters. The number of hydrogen-bond acceptors (Lipinski definition) is 18. The molecule has 222 valence electrons. The van der Waals surface area contributed by atoms with E-state index in [4.69, 9.17) is 23.5 Å². The van der Waals surface area contributed by atoms with Gasteiger partial charge in [0.15, 0.2) is 18.7 Å². The van der Waals surface area contributed by atoms with Gasteiger partial charge < -0.3 is 53.8 Å². The molecule has 0 radical (unpaired) electrons. The maximum atomic E-state index is 11.8. The quantitative estimate of drug-likeness (QED) is 0.0494. The maximum absolute atomic E-state index is 11.8. The fourth-order valence-electron chi connectivity index (χ4n) is 3.60. The van der Waals surface area contributed by atoms with Gasteiger partial charge >= 0.3 is 99.1 Å². The minimum Gasteiger partial charge on any atom is -0.862 e. The van der Waals surface area contributed by atoms with Gasteiger partial charge in [0.2, 0.25) is 10.4 Å². The third-order valence-corrected chi connectivity index (χ3v) is 6.03. The monoisotopic (exact) mass is 665 g/mol. The van der Waals surface area contributed by atoms with Crippen LogP contribution in [-0.4, -0.2) is 128 Å². The smallest absolute Gasteiger partial charge is 0.862 e. The summed E-state index contributed by atoms with van der Waals surface area (Å²) in [5.74, 6) is -2.98. The van der Waals surface area contributed by atoms with Gasteiger partial charge in [0.25, 0.3) is 0 Å². The van der Waals surface area contributed by atoms with E-state index in [0.29, 0.717) is 6.42 Å². The first kappa shape index (κ1) is 44.5. The molecular formula is C17H26NNa3O18S2. The number of aliphatic imine (C=N–C) groups is 1. The van der Waals surface area contributed by atoms with E-state index in [0.717, 1.165) is 6.92 Å². The van der Waals surface area contributed by atoms with Gasteiger partial charge in [-0.1, -0.05) is 6.92 Å². The Morgan fingerprint density at radius 1 is 0.951 bits per heavy atom. The van der Waals surface area contributed by atoms with Gasteiger partial charge in [0.05, 0.1) is 12.6 Å². The standard InChI is InChI=1S/C17H29NO18S2.3Na/c1-3-4-31-17-13(36-38(28,29)30)11(22)12(14(35-17)15(23)24)34-16-8(18-6(2)19)10(21)9(20)7(33-16)5-32-37(25,26)27;;;/h7-14,16-17,20-22H,3-5H2,1-2H3,(H,18,19)(H,23,24)(H,25,26,27)(H,28,29,30);;;/q;3*+1/p-3/t7-,8-,9+,10-,11+,12+,13-,14+,16+,17-;;;/m1.../s1. The number of ether oxygens (including phenoxy) is 4. The van der Waals surface area contributed by atoms with Gasteiger partial charge in [0, 0.05) is 6.61 Å². The molecule has 0 bridgehead atoms. The number of aliphatic hydroxyl groups is 3. The van der Waals surface area contributed by atoms with Crippen LogP contribution >= 0.6 is 0 Å². The first-order valence-corrected chi connectivity index (χ1v) is 13.5. The van der Waals surface area contributed by atoms with Crippen molar-refractivity contribution in [1.29, 1.82) is 0 Å². The minimum absolute atomic E-state index is 0. The Bertz CT molecular complexity index is 1060. The molecule has 0 spiro atoms. The fraction of sp³-hybridized carbons (Fsp3) is 0.882. The zero-order valence-electron chi connectivity index (χ0n) is 22.7. The van der Waals surface area contributed by atoms with Gasteiger partial charge in [-0.2, -0.15) is 8.42 Å². The van der Waals surface area contributed by atoms with Crippen molar-refractivity contribution in [3.8, 4) is 0 Å². The van der Waals surface area contributed by atoms with Crippen LogP contribution in [-0.2, 0) is 52.9 Å². The van der Waals surface area contributed by atoms with Crippen LogP contribution in [0, 0.1) is 0 Å². The Kier molecular flexibility index (Phi) is 20.8. The Morgan fingerprint density at radius 2 is 1.54 bits per heavy atom. The Hall–Kier alpha value is 1.40. The third-order valence-electron chi connectivity index (χ3n) is 5.14. The average molecular weight is 665 g/mol. The van der Waals surface area contributed by atoms with Crippen LogP contribution in [0.4, 0.5) is 0 Å². The number of aliphatic hydroxyl groups excluding tert-OH is 3. The van der Waals surface area contributed by atoms with Crippen molar-refractivity contribution in [3.05, 3.63) is 0 Å². The zero-order valence-corrected chi connectivity index (χ0v) is 30.3. The van der Waals surface area contributed by atoms with Crippen molar-refractivity contribution >= 4 is 32.7 Å². The number of aliphatic carboxylic acids is 1. The zero-order chi connectivity index (χ0) is 29.0. The largest absolute Gasteiger partial charge is 1.00 e. The molecule has 10 atom stereocenters. The molecular weight excluding hydrogens is 639 g/mol. The molecule has 0 aromatic carbocycles. The summed E-state index contributed by atoms with van der Waals surface area (Å²) in [5, 5.41) is 54.9. The summed E-state index contributed by atoms with van der Waals surface area (Å²) >= 11 is 0. The Morgan fingerprint density at radius 3 is 2.00 bits per heavy atom. The number of nitrogens with zero attached hydrogens (tertiary/aromatic N) is 1. The maximum Gasteiger partial charge on any atom is 1.00 e. The molecule has 0 amide bonds. The van der Waals surface area contributed by atoms with E-state index in [9.17, 15) is 51.7 Å². The normalized spacial score (nSPS) is 34.5. The predicted molar refractivity (Wildman–Crippen MR) is 110 cm³/mol. The van der Waals surface area contributed by atoms with Crippen molar-refractivity contribution in [3.63, 3.8) is 0 Å². The van der Waals surface area contributed by atoms with Crippen LogP contribution < -0.4 is 98.9 Å². The van der Waals surface area contributed by atoms with Crippen LogP contribution in [0.1, 0.15) is 20.3 Å². The molecule has 0 saturated carbocycles. The molecule has 0 aromatic heterocycles. The molecule has 4 N–H and O–H groups in total. The van der Waals surface area contributed by atoms with Crippen LogP contribution in [0.25, 0.3) is 0 Å². The summed E-state index contributed by atoms with van der Waals surface area (Å²) in [4.78, 5) is 15.3. The van der Waals surface area contributed by atoms with Crippen LogP contribution in [0.5, 0.6) is 0 Å². The molecule has 2 fully saturated rings. The molecule has 2 heterocycles. The first-order chi connectivity index (χ1) is 17.4. The van der Waals surface area contributed by atoms with Crippen LogP contribution in [0.3, 0.4) is 0 Å². The van der Waals surface area contributed by atoms with Gasteiger partial charge in [0.1, 0.15) is 42.7 Å². The molecule has 2 rings (SSSR count). The van der Waals surface area contributed by atoms with E-state index in [2.05, 4.69) is 13.4 Å². The Labute approximate surface area is 301 Å². The van der Waals surface area contributed by atoms with E-state index in [1.807, 2.05) is 0 Å². The van der Waals surface area contributed by atoms with Crippen molar-refractivity contribution in [2.75, 3.05) is 13.2 Å². The number of carbonyl (C=O) groups is 1. The third kappa shape index (κ3) is 13.7. The van der Waals surface area contributed by atoms with Gasteiger partial charge in [-0.3, -0.25) is 13.7 Å². The summed E-state index contributed by atoms with van der Waals surface area (Å²) in [5.41, 5.74) is 0. The van der Waals surface area contributed by atoms with Crippen molar-refractivity contribution < 1.29 is 172 Å². The molecule has 24 heteroatoms. The fourth-order valence-corrected chi connectivity index (χ4v) is 4.38. The van der Waals surface area contributed by atoms with Crippen LogP contribution in [0.2, 0.25) is 0 Å². The second-order valence-corrected chi connectivity index (χ2v) is 10.2. The summed E-state index contributed by atoms with van der Waals surface area (Å²) in [6, 6.07) is -1.84. The Balaban J connectivity index is 0. The second kappa shape index (κ2) is 19.2. The number of carboxylic acid groups (broad SMARTS) is 1. The van der Waals surface area contributed by atoms with E-state index >= 15 is 0 Å². The van der Waals surface area contributed by atoms with Gasteiger partial charge in [-0.25, -0.2) is 12.6 Å². The first-order valence-electron chi connectivity index (χ1n) is 10.8. The van der Waals surface area contributed by atoms with E-state index in [-0.39, 0.29) is 95.3 Å². The van der Waals surface area contributed by atoms with Crippen molar-refractivity contribution in [2.45, 2.75) is 81.6 Å². The number of carboxylic acids is 1. The molecule has 41 heavy (non-hydrogen) atoms.